The molecular weight excluding hydrogens is 256 g/mol. The van der Waals surface area contributed by atoms with Crippen LogP contribution in [0.4, 0.5) is 6.01 Å². The van der Waals surface area contributed by atoms with Gasteiger partial charge in [0, 0.05) is 26.7 Å². The van der Waals surface area contributed by atoms with Crippen molar-refractivity contribution in [2.24, 2.45) is 11.8 Å². The molecule has 6 heteroatoms. The van der Waals surface area contributed by atoms with Crippen molar-refractivity contribution in [1.82, 2.24) is 15.5 Å². The summed E-state index contributed by atoms with van der Waals surface area (Å²) in [5.74, 6) is 2.33. The van der Waals surface area contributed by atoms with Crippen molar-refractivity contribution >= 4 is 6.01 Å². The maximum Gasteiger partial charge on any atom is 0.318 e. The molecular formula is C14H24N4O2. The molecule has 0 amide bonds. The molecule has 1 aromatic heterocycles. The van der Waals surface area contributed by atoms with Crippen LogP contribution in [0.25, 0.3) is 0 Å². The molecule has 0 bridgehead atoms. The second-order valence-corrected chi connectivity index (χ2v) is 5.94. The molecule has 0 aliphatic heterocycles. The zero-order valence-corrected chi connectivity index (χ0v) is 12.2. The van der Waals surface area contributed by atoms with Crippen molar-refractivity contribution in [3.63, 3.8) is 0 Å². The molecule has 0 spiro atoms. The van der Waals surface area contributed by atoms with Crippen molar-refractivity contribution < 1.29 is 9.15 Å². The molecule has 6 nitrogen and oxygen atoms in total. The van der Waals surface area contributed by atoms with E-state index in [2.05, 4.69) is 20.4 Å². The minimum atomic E-state index is 0.608. The van der Waals surface area contributed by atoms with E-state index >= 15 is 0 Å². The largest absolute Gasteiger partial charge is 0.407 e. The highest BCUT2D eigenvalue weighted by molar-refractivity contribution is 5.25. The summed E-state index contributed by atoms with van der Waals surface area (Å²) in [6.07, 6.45) is 5.39. The molecule has 1 N–H and O–H groups in total. The minimum absolute atomic E-state index is 0.608. The first-order chi connectivity index (χ1) is 9.85. The average Bonchev–Trinajstić information content (AvgIpc) is 3.37. The van der Waals surface area contributed by atoms with Gasteiger partial charge in [-0.05, 0) is 37.5 Å². The lowest BCUT2D eigenvalue weighted by molar-refractivity contribution is 0.198. The Balaban J connectivity index is 1.51. The summed E-state index contributed by atoms with van der Waals surface area (Å²) in [5.41, 5.74) is 0. The second-order valence-electron chi connectivity index (χ2n) is 5.94. The zero-order valence-electron chi connectivity index (χ0n) is 12.2. The Hall–Kier alpha value is -1.14. The van der Waals surface area contributed by atoms with Crippen LogP contribution in [0.2, 0.25) is 0 Å². The first kappa shape index (κ1) is 13.8. The Morgan fingerprint density at radius 3 is 2.50 bits per heavy atom. The van der Waals surface area contributed by atoms with Crippen LogP contribution >= 0.6 is 0 Å². The number of nitrogens with zero attached hydrogens (tertiary/aromatic N) is 3. The number of aromatic nitrogens is 2. The molecule has 2 saturated carbocycles. The summed E-state index contributed by atoms with van der Waals surface area (Å²) in [5, 5.41) is 11.6. The predicted molar refractivity (Wildman–Crippen MR) is 75.5 cm³/mol. The first-order valence-electron chi connectivity index (χ1n) is 7.62. The number of methoxy groups -OCH3 is 1. The molecule has 1 heterocycles. The smallest absolute Gasteiger partial charge is 0.318 e. The van der Waals surface area contributed by atoms with Crippen LogP contribution in [0.3, 0.4) is 0 Å². The molecule has 0 radical (unpaired) electrons. The van der Waals surface area contributed by atoms with Crippen LogP contribution in [-0.4, -0.2) is 43.5 Å². The third-order valence-electron chi connectivity index (χ3n) is 3.84. The highest BCUT2D eigenvalue weighted by Gasteiger charge is 2.31. The van der Waals surface area contributed by atoms with E-state index in [0.717, 1.165) is 31.5 Å². The van der Waals surface area contributed by atoms with Gasteiger partial charge in [-0.15, -0.1) is 5.10 Å². The summed E-state index contributed by atoms with van der Waals surface area (Å²) in [6, 6.07) is 0.701. The average molecular weight is 280 g/mol. The van der Waals surface area contributed by atoms with Crippen molar-refractivity contribution in [2.75, 3.05) is 38.3 Å². The van der Waals surface area contributed by atoms with E-state index in [1.807, 2.05) is 0 Å². The maximum atomic E-state index is 5.78. The lowest BCUT2D eigenvalue weighted by Gasteiger charge is -2.19. The molecule has 2 aliphatic carbocycles. The summed E-state index contributed by atoms with van der Waals surface area (Å²) in [6.45, 7) is 4.25. The normalized spacial score (nSPS) is 18.4. The monoisotopic (exact) mass is 280 g/mol. The Kier molecular flexibility index (Phi) is 4.52. The molecule has 112 valence electrons. The van der Waals surface area contributed by atoms with Gasteiger partial charge in [-0.25, -0.2) is 0 Å². The van der Waals surface area contributed by atoms with Crippen molar-refractivity contribution in [1.29, 1.82) is 0 Å². The SMILES string of the molecule is COCCNCc1nnc(N(CC2CC2)CC2CC2)o1. The van der Waals surface area contributed by atoms with E-state index in [9.17, 15) is 0 Å². The number of hydrogen-bond acceptors (Lipinski definition) is 6. The van der Waals surface area contributed by atoms with E-state index in [1.165, 1.54) is 25.7 Å². The fourth-order valence-corrected chi connectivity index (χ4v) is 2.27. The third kappa shape index (κ3) is 4.18. The summed E-state index contributed by atoms with van der Waals surface area (Å²) < 4.78 is 10.8. The maximum absolute atomic E-state index is 5.78. The highest BCUT2D eigenvalue weighted by Crippen LogP contribution is 2.35. The third-order valence-corrected chi connectivity index (χ3v) is 3.84. The highest BCUT2D eigenvalue weighted by atomic mass is 16.5. The van der Waals surface area contributed by atoms with Gasteiger partial charge in [0.2, 0.25) is 5.89 Å². The van der Waals surface area contributed by atoms with Crippen LogP contribution in [0, 0.1) is 11.8 Å². The Labute approximate surface area is 119 Å². The molecule has 0 aromatic carbocycles. The van der Waals surface area contributed by atoms with Gasteiger partial charge in [-0.3, -0.25) is 0 Å². The summed E-state index contributed by atoms with van der Waals surface area (Å²) in [4.78, 5) is 2.29. The van der Waals surface area contributed by atoms with Gasteiger partial charge in [-0.1, -0.05) is 5.10 Å². The molecule has 0 atom stereocenters. The molecule has 20 heavy (non-hydrogen) atoms. The van der Waals surface area contributed by atoms with Gasteiger partial charge in [-0.2, -0.15) is 0 Å². The summed E-state index contributed by atoms with van der Waals surface area (Å²) in [7, 11) is 1.69. The minimum Gasteiger partial charge on any atom is -0.407 e. The van der Waals surface area contributed by atoms with Crippen molar-refractivity contribution in [3.05, 3.63) is 5.89 Å². The van der Waals surface area contributed by atoms with E-state index in [1.54, 1.807) is 7.11 Å². The van der Waals surface area contributed by atoms with Gasteiger partial charge in [0.25, 0.3) is 0 Å². The number of hydrogen-bond donors (Lipinski definition) is 1. The van der Waals surface area contributed by atoms with Crippen LogP contribution in [0.1, 0.15) is 31.6 Å². The Morgan fingerprint density at radius 2 is 1.90 bits per heavy atom. The van der Waals surface area contributed by atoms with Gasteiger partial charge < -0.3 is 19.4 Å². The van der Waals surface area contributed by atoms with E-state index in [4.69, 9.17) is 9.15 Å². The number of ether oxygens (including phenoxy) is 1. The zero-order chi connectivity index (χ0) is 13.8. The topological polar surface area (TPSA) is 63.4 Å². The quantitative estimate of drug-likeness (QED) is 0.654. The standard InChI is InChI=1S/C14H24N4O2/c1-19-7-6-15-8-13-16-17-14(20-13)18(9-11-2-3-11)10-12-4-5-12/h11-12,15H,2-10H2,1H3. The van der Waals surface area contributed by atoms with Crippen LogP contribution in [0.15, 0.2) is 4.42 Å². The van der Waals surface area contributed by atoms with Crippen LogP contribution in [-0.2, 0) is 11.3 Å². The predicted octanol–water partition coefficient (Wildman–Crippen LogP) is 1.43. The molecule has 2 fully saturated rings. The number of anilines is 1. The van der Waals surface area contributed by atoms with Crippen molar-refractivity contribution in [3.8, 4) is 0 Å². The lowest BCUT2D eigenvalue weighted by atomic mass is 10.3. The first-order valence-corrected chi connectivity index (χ1v) is 7.62. The lowest BCUT2D eigenvalue weighted by Crippen LogP contribution is -2.28. The molecule has 2 aliphatic rings. The van der Waals surface area contributed by atoms with E-state index < -0.39 is 0 Å². The Bertz CT molecular complexity index is 401. The molecule has 1 aromatic rings. The van der Waals surface area contributed by atoms with Gasteiger partial charge >= 0.3 is 6.01 Å². The van der Waals surface area contributed by atoms with Crippen LogP contribution in [0.5, 0.6) is 0 Å². The van der Waals surface area contributed by atoms with Gasteiger partial charge in [0.05, 0.1) is 13.2 Å². The van der Waals surface area contributed by atoms with E-state index in [-0.39, 0.29) is 0 Å². The fraction of sp³-hybridized carbons (Fsp3) is 0.857. The number of rotatable bonds is 10. The fourth-order valence-electron chi connectivity index (χ4n) is 2.27. The second kappa shape index (κ2) is 6.54. The molecule has 3 rings (SSSR count). The van der Waals surface area contributed by atoms with Crippen molar-refractivity contribution in [2.45, 2.75) is 32.2 Å². The summed E-state index contributed by atoms with van der Waals surface area (Å²) >= 11 is 0. The van der Waals surface area contributed by atoms with E-state index in [0.29, 0.717) is 25.1 Å². The molecule has 0 saturated heterocycles. The van der Waals surface area contributed by atoms with Crippen LogP contribution < -0.4 is 10.2 Å². The van der Waals surface area contributed by atoms with Gasteiger partial charge in [0.1, 0.15) is 0 Å². The Morgan fingerprint density at radius 1 is 1.20 bits per heavy atom. The number of nitrogens with one attached hydrogen (secondary N) is 1. The molecule has 0 unspecified atom stereocenters. The van der Waals surface area contributed by atoms with Gasteiger partial charge in [0.15, 0.2) is 0 Å².